The van der Waals surface area contributed by atoms with Gasteiger partial charge in [-0.25, -0.2) is 0 Å². The van der Waals surface area contributed by atoms with E-state index in [1.807, 2.05) is 37.4 Å². The van der Waals surface area contributed by atoms with Gasteiger partial charge in [-0.05, 0) is 30.8 Å². The minimum Gasteiger partial charge on any atom is -0.386 e. The maximum Gasteiger partial charge on any atom is 0.272 e. The number of aromatic nitrogens is 1. The molecule has 1 amide bonds. The van der Waals surface area contributed by atoms with Crippen LogP contribution in [0.5, 0.6) is 0 Å². The monoisotopic (exact) mass is 284 g/mol. The van der Waals surface area contributed by atoms with E-state index in [-0.39, 0.29) is 5.91 Å². The van der Waals surface area contributed by atoms with Crippen LogP contribution in [0.3, 0.4) is 0 Å². The molecule has 0 fully saturated rings. The number of anilines is 2. The fraction of sp³-hybridized carbons (Fsp3) is 0.312. The molecule has 3 rings (SSSR count). The van der Waals surface area contributed by atoms with Crippen molar-refractivity contribution < 1.29 is 4.79 Å². The molecule has 0 aliphatic carbocycles. The quantitative estimate of drug-likeness (QED) is 0.810. The summed E-state index contributed by atoms with van der Waals surface area (Å²) < 4.78 is 0. The van der Waals surface area contributed by atoms with Crippen molar-refractivity contribution >= 4 is 17.3 Å². The molecule has 1 aliphatic heterocycles. The van der Waals surface area contributed by atoms with Crippen molar-refractivity contribution in [1.82, 2.24) is 9.88 Å². The Labute approximate surface area is 124 Å². The van der Waals surface area contributed by atoms with Crippen molar-refractivity contribution in [2.75, 3.05) is 31.3 Å². The Balaban J connectivity index is 1.80. The fourth-order valence-electron chi connectivity index (χ4n) is 2.70. The number of aromatic amines is 1. The Bertz CT molecular complexity index is 662. The molecule has 0 radical (unpaired) electrons. The van der Waals surface area contributed by atoms with Gasteiger partial charge in [-0.15, -0.1) is 0 Å². The van der Waals surface area contributed by atoms with Gasteiger partial charge in [0.25, 0.3) is 5.91 Å². The van der Waals surface area contributed by atoms with E-state index in [0.717, 1.165) is 30.9 Å². The average Bonchev–Trinajstić information content (AvgIpc) is 2.91. The molecule has 1 aromatic heterocycles. The first-order valence-electron chi connectivity index (χ1n) is 7.15. The smallest absolute Gasteiger partial charge is 0.272 e. The first-order chi connectivity index (χ1) is 10.2. The summed E-state index contributed by atoms with van der Waals surface area (Å²) >= 11 is 0. The number of hydrogen-bond acceptors (Lipinski definition) is 3. The first kappa shape index (κ1) is 13.7. The van der Waals surface area contributed by atoms with Gasteiger partial charge in [0.15, 0.2) is 0 Å². The van der Waals surface area contributed by atoms with Gasteiger partial charge < -0.3 is 20.5 Å². The van der Waals surface area contributed by atoms with Crippen molar-refractivity contribution in [1.29, 1.82) is 0 Å². The van der Waals surface area contributed by atoms with Gasteiger partial charge in [0.05, 0.1) is 11.4 Å². The maximum atomic E-state index is 12.4. The zero-order valence-electron chi connectivity index (χ0n) is 12.4. The number of carbonyl (C=O) groups is 1. The normalized spacial score (nSPS) is 14.6. The summed E-state index contributed by atoms with van der Waals surface area (Å²) in [6, 6.07) is 9.63. The molecule has 0 bridgehead atoms. The van der Waals surface area contributed by atoms with Gasteiger partial charge in [0.2, 0.25) is 0 Å². The summed E-state index contributed by atoms with van der Waals surface area (Å²) in [6.07, 6.45) is 0.964. The van der Waals surface area contributed by atoms with Gasteiger partial charge >= 0.3 is 0 Å². The predicted octanol–water partition coefficient (Wildman–Crippen LogP) is 2.30. The largest absolute Gasteiger partial charge is 0.386 e. The third-order valence-corrected chi connectivity index (χ3v) is 3.86. The topological polar surface area (TPSA) is 60.2 Å². The first-order valence-corrected chi connectivity index (χ1v) is 7.15. The highest BCUT2D eigenvalue weighted by molar-refractivity contribution is 6.04. The molecule has 1 aromatic carbocycles. The summed E-state index contributed by atoms with van der Waals surface area (Å²) in [5, 5.41) is 6.03. The maximum absolute atomic E-state index is 12.4. The van der Waals surface area contributed by atoms with E-state index in [1.165, 1.54) is 11.3 Å². The highest BCUT2D eigenvalue weighted by atomic mass is 16.1. The summed E-state index contributed by atoms with van der Waals surface area (Å²) in [7, 11) is 3.94. The van der Waals surface area contributed by atoms with E-state index in [1.54, 1.807) is 0 Å². The Morgan fingerprint density at radius 3 is 2.81 bits per heavy atom. The van der Waals surface area contributed by atoms with Crippen LogP contribution in [0.25, 0.3) is 0 Å². The number of nitrogens with one attached hydrogen (secondary N) is 3. The zero-order valence-corrected chi connectivity index (χ0v) is 12.4. The van der Waals surface area contributed by atoms with E-state index in [9.17, 15) is 4.79 Å². The number of carbonyl (C=O) groups excluding carboxylic acids is 1. The lowest BCUT2D eigenvalue weighted by atomic mass is 10.1. The number of para-hydroxylation sites is 2. The van der Waals surface area contributed by atoms with Crippen LogP contribution in [0, 0.1) is 0 Å². The number of likely N-dealkylation sites (N-methyl/N-ethyl adjacent to an activating group) is 1. The van der Waals surface area contributed by atoms with Gasteiger partial charge in [-0.2, -0.15) is 0 Å². The van der Waals surface area contributed by atoms with Gasteiger partial charge in [0.1, 0.15) is 5.69 Å². The summed E-state index contributed by atoms with van der Waals surface area (Å²) in [4.78, 5) is 17.9. The lowest BCUT2D eigenvalue weighted by molar-refractivity contribution is 0.102. The third kappa shape index (κ3) is 2.78. The van der Waals surface area contributed by atoms with Crippen molar-refractivity contribution in [2.45, 2.75) is 13.0 Å². The van der Waals surface area contributed by atoms with Gasteiger partial charge in [-0.1, -0.05) is 12.1 Å². The number of H-pyrrole nitrogens is 1. The Morgan fingerprint density at radius 1 is 1.29 bits per heavy atom. The van der Waals surface area contributed by atoms with Crippen LogP contribution < -0.4 is 10.6 Å². The molecule has 0 unspecified atom stereocenters. The number of amides is 1. The molecule has 0 saturated heterocycles. The summed E-state index contributed by atoms with van der Waals surface area (Å²) in [5.41, 5.74) is 4.72. The number of hydrogen-bond donors (Lipinski definition) is 3. The van der Waals surface area contributed by atoms with E-state index >= 15 is 0 Å². The molecule has 0 atom stereocenters. The third-order valence-electron chi connectivity index (χ3n) is 3.86. The molecule has 1 aliphatic rings. The van der Waals surface area contributed by atoms with Crippen LogP contribution in [-0.4, -0.2) is 36.4 Å². The van der Waals surface area contributed by atoms with Crippen LogP contribution in [0.1, 0.15) is 21.7 Å². The molecule has 2 aromatic rings. The second-order valence-electron chi connectivity index (χ2n) is 5.42. The van der Waals surface area contributed by atoms with Crippen LogP contribution in [0.15, 0.2) is 30.3 Å². The van der Waals surface area contributed by atoms with E-state index in [4.69, 9.17) is 0 Å². The molecule has 0 spiro atoms. The molecule has 0 saturated carbocycles. The number of rotatable bonds is 3. The summed E-state index contributed by atoms with van der Waals surface area (Å²) in [6.45, 7) is 1.92. The van der Waals surface area contributed by atoms with E-state index in [0.29, 0.717) is 5.69 Å². The fourth-order valence-corrected chi connectivity index (χ4v) is 2.70. The van der Waals surface area contributed by atoms with Crippen LogP contribution >= 0.6 is 0 Å². The van der Waals surface area contributed by atoms with E-state index < -0.39 is 0 Å². The number of benzene rings is 1. The molecular formula is C16H20N4O. The second kappa shape index (κ2) is 5.61. The minimum absolute atomic E-state index is 0.102. The van der Waals surface area contributed by atoms with E-state index in [2.05, 4.69) is 27.6 Å². The summed E-state index contributed by atoms with van der Waals surface area (Å²) in [5.74, 6) is -0.102. The number of nitrogens with zero attached hydrogens (tertiary/aromatic N) is 1. The van der Waals surface area contributed by atoms with Gasteiger partial charge in [0, 0.05) is 32.3 Å². The highest BCUT2D eigenvalue weighted by Crippen LogP contribution is 2.23. The van der Waals surface area contributed by atoms with Crippen LogP contribution in [0.4, 0.5) is 11.4 Å². The molecule has 21 heavy (non-hydrogen) atoms. The standard InChI is InChI=1S/C16H20N4O/c1-17-13-5-3-4-6-14(13)19-16(21)15-9-11-10-20(2)8-7-12(11)18-15/h3-6,9,17-18H,7-8,10H2,1-2H3,(H,19,21). The Morgan fingerprint density at radius 2 is 2.05 bits per heavy atom. The van der Waals surface area contributed by atoms with Crippen LogP contribution in [-0.2, 0) is 13.0 Å². The molecule has 3 N–H and O–H groups in total. The van der Waals surface area contributed by atoms with Crippen molar-refractivity contribution in [3.05, 3.63) is 47.3 Å². The Hall–Kier alpha value is -2.27. The second-order valence-corrected chi connectivity index (χ2v) is 5.42. The number of fused-ring (bicyclic) bond motifs is 1. The Kier molecular flexibility index (Phi) is 3.66. The van der Waals surface area contributed by atoms with Crippen molar-refractivity contribution in [3.63, 3.8) is 0 Å². The van der Waals surface area contributed by atoms with Crippen molar-refractivity contribution in [2.24, 2.45) is 0 Å². The lowest BCUT2D eigenvalue weighted by Gasteiger charge is -2.21. The molecule has 110 valence electrons. The minimum atomic E-state index is -0.102. The highest BCUT2D eigenvalue weighted by Gasteiger charge is 2.19. The predicted molar refractivity (Wildman–Crippen MR) is 84.8 cm³/mol. The van der Waals surface area contributed by atoms with Crippen LogP contribution in [0.2, 0.25) is 0 Å². The molecule has 5 heteroatoms. The van der Waals surface area contributed by atoms with Crippen molar-refractivity contribution in [3.8, 4) is 0 Å². The lowest BCUT2D eigenvalue weighted by Crippen LogP contribution is -2.25. The zero-order chi connectivity index (χ0) is 14.8. The molecule has 2 heterocycles. The SMILES string of the molecule is CNc1ccccc1NC(=O)c1cc2c([nH]1)CCN(C)C2. The molecular weight excluding hydrogens is 264 g/mol. The average molecular weight is 284 g/mol. The van der Waals surface area contributed by atoms with Gasteiger partial charge in [-0.3, -0.25) is 4.79 Å². The molecule has 5 nitrogen and oxygen atoms in total.